The first kappa shape index (κ1) is 24.7. The van der Waals surface area contributed by atoms with Crippen LogP contribution in [-0.2, 0) is 21.0 Å². The molecule has 2 aromatic carbocycles. The number of aromatic nitrogens is 1. The number of esters is 1. The van der Waals surface area contributed by atoms with Crippen molar-refractivity contribution in [3.63, 3.8) is 0 Å². The Morgan fingerprint density at radius 3 is 2.63 bits per heavy atom. The minimum atomic E-state index is -0.641. The van der Waals surface area contributed by atoms with Crippen LogP contribution in [-0.4, -0.2) is 30.3 Å². The van der Waals surface area contributed by atoms with Crippen molar-refractivity contribution in [2.45, 2.75) is 13.5 Å². The van der Waals surface area contributed by atoms with Crippen molar-refractivity contribution in [3.8, 4) is 16.2 Å². The van der Waals surface area contributed by atoms with Crippen LogP contribution in [0.25, 0.3) is 21.4 Å². The number of hydrogen-bond donors (Lipinski definition) is 0. The van der Waals surface area contributed by atoms with Crippen LogP contribution in [0.3, 0.4) is 0 Å². The molecular formula is C24H18Cl2N2O6S. The third kappa shape index (κ3) is 5.02. The molecule has 0 atom stereocenters. The molecule has 0 N–H and O–H groups in total. The molecule has 0 radical (unpaired) electrons. The number of benzene rings is 2. The summed E-state index contributed by atoms with van der Waals surface area (Å²) in [6.07, 6.45) is 0. The molecule has 0 fully saturated rings. The van der Waals surface area contributed by atoms with Gasteiger partial charge in [0.05, 0.1) is 17.0 Å². The van der Waals surface area contributed by atoms with Gasteiger partial charge in [-0.3, -0.25) is 0 Å². The Bertz CT molecular complexity index is 1510. The first-order valence-electron chi connectivity index (χ1n) is 10.1. The van der Waals surface area contributed by atoms with E-state index in [1.807, 2.05) is 19.1 Å². The fourth-order valence-corrected chi connectivity index (χ4v) is 4.74. The number of halogens is 2. The summed E-state index contributed by atoms with van der Waals surface area (Å²) >= 11 is 13.4. The normalized spacial score (nSPS) is 11.5. The molecule has 0 unspecified atom stereocenters. The Hall–Kier alpha value is -3.40. The van der Waals surface area contributed by atoms with Crippen LogP contribution >= 0.6 is 34.7 Å². The second-order valence-corrected chi connectivity index (χ2v) is 8.78. The van der Waals surface area contributed by atoms with Gasteiger partial charge in [-0.15, -0.1) is 0 Å². The van der Waals surface area contributed by atoms with E-state index in [0.717, 1.165) is 17.1 Å². The average Bonchev–Trinajstić information content (AvgIpc) is 3.18. The van der Waals surface area contributed by atoms with Gasteiger partial charge in [0.15, 0.2) is 10.9 Å². The van der Waals surface area contributed by atoms with Crippen molar-refractivity contribution in [1.82, 2.24) is 4.37 Å². The molecule has 0 aliphatic carbocycles. The lowest BCUT2D eigenvalue weighted by atomic mass is 10.0. The molecule has 4 aromatic rings. The Morgan fingerprint density at radius 2 is 1.94 bits per heavy atom. The highest BCUT2D eigenvalue weighted by molar-refractivity contribution is 7.11. The van der Waals surface area contributed by atoms with Gasteiger partial charge in [0.2, 0.25) is 0 Å². The number of rotatable bonds is 7. The van der Waals surface area contributed by atoms with Gasteiger partial charge in [0.1, 0.15) is 25.0 Å². The highest BCUT2D eigenvalue weighted by Gasteiger charge is 2.20. The summed E-state index contributed by atoms with van der Waals surface area (Å²) in [6.45, 7) is 1.96. The van der Waals surface area contributed by atoms with Crippen LogP contribution in [0.4, 0.5) is 0 Å². The zero-order chi connectivity index (χ0) is 25.1. The molecule has 2 heterocycles. The number of oxime groups is 1. The Morgan fingerprint density at radius 1 is 1.17 bits per heavy atom. The molecule has 0 spiro atoms. The van der Waals surface area contributed by atoms with Crippen LogP contribution in [0.15, 0.2) is 56.8 Å². The van der Waals surface area contributed by atoms with E-state index in [4.69, 9.17) is 41.9 Å². The Kier molecular flexibility index (Phi) is 7.39. The fraction of sp³-hybridized carbons (Fsp3) is 0.167. The zero-order valence-electron chi connectivity index (χ0n) is 18.8. The molecule has 11 heteroatoms. The second-order valence-electron chi connectivity index (χ2n) is 7.27. The second kappa shape index (κ2) is 10.5. The van der Waals surface area contributed by atoms with Crippen molar-refractivity contribution >= 4 is 57.4 Å². The SMILES string of the molecule is CO/N=C(/C(=O)OC)c1ccccc1COc1cc2oc(=O)cc(-c3snc(Cl)c3Cl)c2cc1C. The van der Waals surface area contributed by atoms with Gasteiger partial charge >= 0.3 is 11.6 Å². The zero-order valence-corrected chi connectivity index (χ0v) is 21.1. The molecule has 0 amide bonds. The van der Waals surface area contributed by atoms with Gasteiger partial charge in [-0.05, 0) is 35.6 Å². The number of methoxy groups -OCH3 is 1. The summed E-state index contributed by atoms with van der Waals surface area (Å²) in [5, 5.41) is 4.92. The topological polar surface area (TPSA) is 100 Å². The number of aryl methyl sites for hydroxylation is 1. The van der Waals surface area contributed by atoms with Crippen molar-refractivity contribution in [3.05, 3.63) is 79.8 Å². The number of carbonyl (C=O) groups is 1. The van der Waals surface area contributed by atoms with Gasteiger partial charge in [0.25, 0.3) is 0 Å². The maximum atomic E-state index is 12.3. The number of nitrogens with zero attached hydrogens (tertiary/aromatic N) is 2. The molecule has 0 aliphatic heterocycles. The molecule has 2 aromatic heterocycles. The maximum absolute atomic E-state index is 12.3. The van der Waals surface area contributed by atoms with Crippen molar-refractivity contribution in [2.75, 3.05) is 14.2 Å². The number of ether oxygens (including phenoxy) is 2. The first-order valence-corrected chi connectivity index (χ1v) is 11.7. The third-order valence-electron chi connectivity index (χ3n) is 5.10. The number of fused-ring (bicyclic) bond motifs is 1. The minimum absolute atomic E-state index is 0.0140. The minimum Gasteiger partial charge on any atom is -0.488 e. The lowest BCUT2D eigenvalue weighted by molar-refractivity contribution is -0.132. The molecule has 0 aliphatic rings. The Balaban J connectivity index is 1.72. The van der Waals surface area contributed by atoms with E-state index in [-0.39, 0.29) is 22.5 Å². The van der Waals surface area contributed by atoms with Crippen LogP contribution in [0.1, 0.15) is 16.7 Å². The van der Waals surface area contributed by atoms with E-state index in [2.05, 4.69) is 9.53 Å². The van der Waals surface area contributed by atoms with Gasteiger partial charge in [-0.1, -0.05) is 52.6 Å². The highest BCUT2D eigenvalue weighted by atomic mass is 35.5. The Labute approximate surface area is 213 Å². The highest BCUT2D eigenvalue weighted by Crippen LogP contribution is 2.40. The monoisotopic (exact) mass is 532 g/mol. The number of hydrogen-bond acceptors (Lipinski definition) is 9. The van der Waals surface area contributed by atoms with Gasteiger partial charge in [0, 0.05) is 28.6 Å². The van der Waals surface area contributed by atoms with Crippen molar-refractivity contribution in [2.24, 2.45) is 5.16 Å². The summed E-state index contributed by atoms with van der Waals surface area (Å²) in [6, 6.07) is 11.9. The third-order valence-corrected chi connectivity index (χ3v) is 6.93. The van der Waals surface area contributed by atoms with E-state index in [1.54, 1.807) is 24.3 Å². The molecule has 180 valence electrons. The molecule has 35 heavy (non-hydrogen) atoms. The van der Waals surface area contributed by atoms with E-state index in [9.17, 15) is 9.59 Å². The van der Waals surface area contributed by atoms with Crippen LogP contribution in [0, 0.1) is 6.92 Å². The molecule has 0 saturated carbocycles. The van der Waals surface area contributed by atoms with E-state index < -0.39 is 11.6 Å². The molecule has 0 bridgehead atoms. The predicted octanol–water partition coefficient (Wildman–Crippen LogP) is 5.63. The van der Waals surface area contributed by atoms with Crippen LogP contribution in [0.5, 0.6) is 5.75 Å². The molecule has 4 rings (SSSR count). The molecule has 8 nitrogen and oxygen atoms in total. The molecule has 0 saturated heterocycles. The van der Waals surface area contributed by atoms with E-state index in [1.165, 1.54) is 20.3 Å². The quantitative estimate of drug-likeness (QED) is 0.131. The first-order chi connectivity index (χ1) is 16.8. The van der Waals surface area contributed by atoms with Crippen LogP contribution < -0.4 is 10.4 Å². The fourth-order valence-electron chi connectivity index (χ4n) is 3.49. The summed E-state index contributed by atoms with van der Waals surface area (Å²) < 4.78 is 20.4. The van der Waals surface area contributed by atoms with Crippen molar-refractivity contribution < 1.29 is 23.5 Å². The van der Waals surface area contributed by atoms with Crippen molar-refractivity contribution in [1.29, 1.82) is 0 Å². The van der Waals surface area contributed by atoms with E-state index >= 15 is 0 Å². The lowest BCUT2D eigenvalue weighted by Gasteiger charge is -2.14. The lowest BCUT2D eigenvalue weighted by Crippen LogP contribution is -2.19. The number of carbonyl (C=O) groups excluding carboxylic acids is 1. The van der Waals surface area contributed by atoms with Gasteiger partial charge in [-0.2, -0.15) is 4.37 Å². The molecular weight excluding hydrogens is 515 g/mol. The largest absolute Gasteiger partial charge is 0.488 e. The summed E-state index contributed by atoms with van der Waals surface area (Å²) in [7, 11) is 2.61. The maximum Gasteiger partial charge on any atom is 0.360 e. The van der Waals surface area contributed by atoms with Gasteiger partial charge in [-0.25, -0.2) is 9.59 Å². The van der Waals surface area contributed by atoms with Gasteiger partial charge < -0.3 is 18.7 Å². The summed E-state index contributed by atoms with van der Waals surface area (Å²) in [5.41, 5.74) is 2.32. The summed E-state index contributed by atoms with van der Waals surface area (Å²) in [5.74, 6) is -0.151. The van der Waals surface area contributed by atoms with Crippen LogP contribution in [0.2, 0.25) is 10.2 Å². The smallest absolute Gasteiger partial charge is 0.360 e. The predicted molar refractivity (Wildman–Crippen MR) is 135 cm³/mol. The average molecular weight is 533 g/mol. The standard InChI is InChI=1S/C24H18Cl2N2O6S/c1-12-8-15-16(22-20(25)23(26)28-35-22)9-19(29)34-18(15)10-17(12)33-11-13-6-4-5-7-14(13)21(27-32-3)24(30)31-2/h4-10H,11H2,1-3H3/b27-21+. The van der Waals surface area contributed by atoms with E-state index in [0.29, 0.717) is 38.3 Å². The summed E-state index contributed by atoms with van der Waals surface area (Å²) in [4.78, 5) is 29.9.